The van der Waals surface area contributed by atoms with Crippen LogP contribution in [0.2, 0.25) is 10.0 Å². The number of aromatic nitrogens is 2. The molecule has 2 aromatic heterocycles. The third-order valence-corrected chi connectivity index (χ3v) is 4.59. The molecule has 0 aliphatic heterocycles. The Morgan fingerprint density at radius 2 is 2.10 bits per heavy atom. The topological polar surface area (TPSA) is 37.5 Å². The van der Waals surface area contributed by atoms with Gasteiger partial charge in [0.25, 0.3) is 0 Å². The molecule has 0 spiro atoms. The molecule has 2 rings (SSSR count). The minimum Gasteiger partial charge on any atom is -0.387 e. The van der Waals surface area contributed by atoms with Gasteiger partial charge in [0.1, 0.15) is 0 Å². The van der Waals surface area contributed by atoms with Crippen molar-refractivity contribution in [2.75, 3.05) is 0 Å². The smallest absolute Gasteiger partial charge is 0.0995 e. The van der Waals surface area contributed by atoms with E-state index < -0.39 is 6.10 Å². The quantitative estimate of drug-likeness (QED) is 0.824. The summed E-state index contributed by atoms with van der Waals surface area (Å²) in [5, 5.41) is 11.5. The lowest BCUT2D eigenvalue weighted by molar-refractivity contribution is 0.134. The molecule has 2 atom stereocenters. The van der Waals surface area contributed by atoms with Crippen LogP contribution in [-0.4, -0.2) is 14.5 Å². The van der Waals surface area contributed by atoms with E-state index in [4.69, 9.17) is 23.2 Å². The number of rotatable bonds is 6. The van der Waals surface area contributed by atoms with Gasteiger partial charge in [0.15, 0.2) is 0 Å². The van der Waals surface area contributed by atoms with E-state index >= 15 is 0 Å². The Kier molecular flexibility index (Phi) is 5.30. The normalized spacial score (nSPS) is 14.7. The number of imidazole rings is 1. The van der Waals surface area contributed by atoms with Crippen molar-refractivity contribution in [1.82, 2.24) is 9.38 Å². The van der Waals surface area contributed by atoms with Gasteiger partial charge >= 0.3 is 0 Å². The monoisotopic (exact) mass is 314 g/mol. The van der Waals surface area contributed by atoms with Crippen LogP contribution in [0.15, 0.2) is 18.6 Å². The molecule has 0 amide bonds. The summed E-state index contributed by atoms with van der Waals surface area (Å²) < 4.78 is 1.82. The first-order valence-electron chi connectivity index (χ1n) is 7.06. The first-order chi connectivity index (χ1) is 9.58. The highest BCUT2D eigenvalue weighted by atomic mass is 35.5. The van der Waals surface area contributed by atoms with Crippen LogP contribution in [0, 0.1) is 5.92 Å². The van der Waals surface area contributed by atoms with Crippen LogP contribution in [0.1, 0.15) is 51.3 Å². The highest BCUT2D eigenvalue weighted by Crippen LogP contribution is 2.33. The molecule has 0 bridgehead atoms. The molecule has 5 heteroatoms. The molecule has 0 aliphatic rings. The Morgan fingerprint density at radius 1 is 1.35 bits per heavy atom. The summed E-state index contributed by atoms with van der Waals surface area (Å²) in [6.45, 7) is 4.33. The molecule has 0 saturated heterocycles. The van der Waals surface area contributed by atoms with E-state index in [0.717, 1.165) is 36.9 Å². The molecule has 1 N–H and O–H groups in total. The Bertz CT molecular complexity index is 583. The van der Waals surface area contributed by atoms with Gasteiger partial charge in [-0.2, -0.15) is 0 Å². The van der Waals surface area contributed by atoms with E-state index in [1.165, 1.54) is 0 Å². The minimum absolute atomic E-state index is 0.456. The van der Waals surface area contributed by atoms with Gasteiger partial charge in [-0.05, 0) is 18.4 Å². The fraction of sp³-hybridized carbons (Fsp3) is 0.533. The van der Waals surface area contributed by atoms with Crippen LogP contribution in [0.4, 0.5) is 0 Å². The third kappa shape index (κ3) is 3.11. The number of hydrogen-bond acceptors (Lipinski definition) is 2. The predicted molar refractivity (Wildman–Crippen MR) is 83.5 cm³/mol. The van der Waals surface area contributed by atoms with Crippen molar-refractivity contribution in [2.45, 2.75) is 45.6 Å². The number of pyridine rings is 1. The van der Waals surface area contributed by atoms with Gasteiger partial charge in [0.05, 0.1) is 39.9 Å². The van der Waals surface area contributed by atoms with Crippen LogP contribution >= 0.6 is 23.2 Å². The van der Waals surface area contributed by atoms with Gasteiger partial charge in [-0.1, -0.05) is 56.3 Å². The second kappa shape index (κ2) is 6.79. The van der Waals surface area contributed by atoms with E-state index in [2.05, 4.69) is 18.8 Å². The molecule has 0 fully saturated rings. The molecule has 2 heterocycles. The van der Waals surface area contributed by atoms with Crippen LogP contribution in [0.3, 0.4) is 0 Å². The third-order valence-electron chi connectivity index (χ3n) is 3.80. The molecule has 3 nitrogen and oxygen atoms in total. The number of aliphatic hydroxyl groups is 1. The second-order valence-corrected chi connectivity index (χ2v) is 5.98. The molecular formula is C15H20Cl2N2O. The number of halogens is 2. The number of nitrogens with zero attached hydrogens (tertiary/aromatic N) is 2. The van der Waals surface area contributed by atoms with Crippen LogP contribution in [0.25, 0.3) is 5.52 Å². The molecule has 0 radical (unpaired) electrons. The largest absolute Gasteiger partial charge is 0.387 e. The van der Waals surface area contributed by atoms with Crippen molar-refractivity contribution >= 4 is 28.7 Å². The summed E-state index contributed by atoms with van der Waals surface area (Å²) in [5.41, 5.74) is 1.48. The fourth-order valence-electron chi connectivity index (χ4n) is 2.64. The van der Waals surface area contributed by atoms with Crippen molar-refractivity contribution in [2.24, 2.45) is 5.92 Å². The first-order valence-corrected chi connectivity index (χ1v) is 7.82. The maximum absolute atomic E-state index is 10.5. The SMILES string of the molecule is CCCC(CC)CC(O)c1cc(Cl)c(Cl)c2cncn12. The second-order valence-electron chi connectivity index (χ2n) is 5.19. The predicted octanol–water partition coefficient (Wildman–Crippen LogP) is 4.89. The van der Waals surface area contributed by atoms with Crippen molar-refractivity contribution in [1.29, 1.82) is 0 Å². The lowest BCUT2D eigenvalue weighted by atomic mass is 9.93. The minimum atomic E-state index is -0.557. The molecule has 20 heavy (non-hydrogen) atoms. The standard InChI is InChI=1S/C15H20Cl2N2O/c1-3-5-10(4-2)6-14(20)12-7-11(16)15(17)13-8-18-9-19(12)13/h7-10,14,20H,3-6H2,1-2H3. The average Bonchev–Trinajstić information content (AvgIpc) is 2.91. The number of hydrogen-bond donors (Lipinski definition) is 1. The maximum atomic E-state index is 10.5. The Labute approximate surface area is 129 Å². The summed E-state index contributed by atoms with van der Waals surface area (Å²) in [5.74, 6) is 0.517. The Balaban J connectivity index is 2.32. The number of fused-ring (bicyclic) bond motifs is 1. The van der Waals surface area contributed by atoms with E-state index in [-0.39, 0.29) is 0 Å². The number of aliphatic hydroxyl groups excluding tert-OH is 1. The summed E-state index contributed by atoms with van der Waals surface area (Å²) in [6.07, 6.45) is 6.83. The van der Waals surface area contributed by atoms with Crippen molar-refractivity contribution in [3.05, 3.63) is 34.3 Å². The van der Waals surface area contributed by atoms with Gasteiger partial charge in [-0.15, -0.1) is 0 Å². The molecule has 110 valence electrons. The van der Waals surface area contributed by atoms with Gasteiger partial charge in [-0.3, -0.25) is 4.40 Å². The van der Waals surface area contributed by atoms with Gasteiger partial charge in [0, 0.05) is 0 Å². The average molecular weight is 315 g/mol. The zero-order valence-electron chi connectivity index (χ0n) is 11.8. The first kappa shape index (κ1) is 15.6. The lowest BCUT2D eigenvalue weighted by Crippen LogP contribution is -2.10. The van der Waals surface area contributed by atoms with Gasteiger partial charge in [-0.25, -0.2) is 4.98 Å². The zero-order chi connectivity index (χ0) is 14.7. The van der Waals surface area contributed by atoms with E-state index in [1.54, 1.807) is 18.6 Å². The summed E-state index contributed by atoms with van der Waals surface area (Å²) in [4.78, 5) is 4.09. The molecule has 0 saturated carbocycles. The van der Waals surface area contributed by atoms with Gasteiger partial charge < -0.3 is 5.11 Å². The van der Waals surface area contributed by atoms with Crippen LogP contribution in [0.5, 0.6) is 0 Å². The van der Waals surface area contributed by atoms with E-state index in [1.807, 2.05) is 4.40 Å². The molecule has 2 unspecified atom stereocenters. The van der Waals surface area contributed by atoms with Crippen LogP contribution < -0.4 is 0 Å². The maximum Gasteiger partial charge on any atom is 0.0995 e. The highest BCUT2D eigenvalue weighted by molar-refractivity contribution is 6.44. The summed E-state index contributed by atoms with van der Waals surface area (Å²) >= 11 is 12.3. The van der Waals surface area contributed by atoms with Crippen LogP contribution in [-0.2, 0) is 0 Å². The molecule has 0 aromatic carbocycles. The Morgan fingerprint density at radius 3 is 2.75 bits per heavy atom. The van der Waals surface area contributed by atoms with Crippen molar-refractivity contribution < 1.29 is 5.11 Å². The molecule has 2 aromatic rings. The molecular weight excluding hydrogens is 295 g/mol. The fourth-order valence-corrected chi connectivity index (χ4v) is 3.04. The zero-order valence-corrected chi connectivity index (χ0v) is 13.3. The van der Waals surface area contributed by atoms with E-state index in [9.17, 15) is 5.11 Å². The highest BCUT2D eigenvalue weighted by Gasteiger charge is 2.19. The lowest BCUT2D eigenvalue weighted by Gasteiger charge is -2.20. The Hall–Kier alpha value is -0.770. The van der Waals surface area contributed by atoms with Crippen molar-refractivity contribution in [3.8, 4) is 0 Å². The molecule has 0 aliphatic carbocycles. The van der Waals surface area contributed by atoms with E-state index in [0.29, 0.717) is 16.0 Å². The summed E-state index contributed by atoms with van der Waals surface area (Å²) in [6, 6.07) is 1.74. The summed E-state index contributed by atoms with van der Waals surface area (Å²) in [7, 11) is 0. The van der Waals surface area contributed by atoms with Gasteiger partial charge in [0.2, 0.25) is 0 Å². The van der Waals surface area contributed by atoms with Crippen molar-refractivity contribution in [3.63, 3.8) is 0 Å².